The van der Waals surface area contributed by atoms with E-state index in [-0.39, 0.29) is 6.04 Å². The Balaban J connectivity index is 3.07. The molecule has 1 rings (SSSR count). The molecular weight excluding hydrogens is 168 g/mol. The van der Waals surface area contributed by atoms with Gasteiger partial charge in [-0.3, -0.25) is 0 Å². The molecule has 2 N–H and O–H groups in total. The molecule has 0 fully saturated rings. The molecule has 0 amide bonds. The number of pyridine rings is 1. The van der Waals surface area contributed by atoms with Gasteiger partial charge >= 0.3 is 0 Å². The summed E-state index contributed by atoms with van der Waals surface area (Å²) in [7, 11) is 3.16. The van der Waals surface area contributed by atoms with Crippen LogP contribution >= 0.6 is 0 Å². The molecule has 0 bridgehead atoms. The maximum atomic E-state index is 5.69. The van der Waals surface area contributed by atoms with Crippen molar-refractivity contribution in [2.24, 2.45) is 5.73 Å². The first-order valence-corrected chi connectivity index (χ1v) is 4.03. The van der Waals surface area contributed by atoms with Crippen molar-refractivity contribution in [2.45, 2.75) is 13.0 Å². The maximum Gasteiger partial charge on any atom is 0.216 e. The van der Waals surface area contributed by atoms with Gasteiger partial charge in [-0.1, -0.05) is 0 Å². The molecule has 13 heavy (non-hydrogen) atoms. The fourth-order valence-electron chi connectivity index (χ4n) is 0.957. The minimum atomic E-state index is -0.121. The molecule has 0 spiro atoms. The lowest BCUT2D eigenvalue weighted by Gasteiger charge is -2.09. The first-order chi connectivity index (χ1) is 6.17. The Labute approximate surface area is 77.7 Å². The van der Waals surface area contributed by atoms with Crippen LogP contribution < -0.4 is 15.2 Å². The predicted octanol–water partition coefficient (Wildman–Crippen LogP) is 1.12. The van der Waals surface area contributed by atoms with Crippen LogP contribution in [-0.2, 0) is 0 Å². The summed E-state index contributed by atoms with van der Waals surface area (Å²) in [5.41, 5.74) is 6.45. The van der Waals surface area contributed by atoms with Gasteiger partial charge in [0, 0.05) is 18.2 Å². The average molecular weight is 182 g/mol. The normalized spacial score (nSPS) is 12.3. The Kier molecular flexibility index (Phi) is 3.08. The Morgan fingerprint density at radius 1 is 1.31 bits per heavy atom. The zero-order valence-electron chi connectivity index (χ0n) is 8.07. The highest BCUT2D eigenvalue weighted by Gasteiger charge is 2.06. The van der Waals surface area contributed by atoms with E-state index in [9.17, 15) is 0 Å². The van der Waals surface area contributed by atoms with Crippen molar-refractivity contribution in [1.82, 2.24) is 4.98 Å². The van der Waals surface area contributed by atoms with Gasteiger partial charge in [0.2, 0.25) is 5.88 Å². The van der Waals surface area contributed by atoms with Crippen molar-refractivity contribution in [2.75, 3.05) is 14.2 Å². The zero-order valence-corrected chi connectivity index (χ0v) is 8.07. The molecule has 72 valence electrons. The lowest BCUT2D eigenvalue weighted by atomic mass is 10.2. The second-order valence-corrected chi connectivity index (χ2v) is 2.76. The molecule has 1 aromatic heterocycles. The second-order valence-electron chi connectivity index (χ2n) is 2.76. The summed E-state index contributed by atoms with van der Waals surface area (Å²) in [5.74, 6) is 1.23. The highest BCUT2D eigenvalue weighted by molar-refractivity contribution is 5.31. The molecule has 0 aliphatic rings. The number of ether oxygens (including phenoxy) is 2. The van der Waals surface area contributed by atoms with Crippen molar-refractivity contribution in [3.8, 4) is 11.6 Å². The molecule has 0 radical (unpaired) electrons. The summed E-state index contributed by atoms with van der Waals surface area (Å²) in [6.45, 7) is 1.86. The number of methoxy groups -OCH3 is 2. The van der Waals surface area contributed by atoms with Gasteiger partial charge in [-0.25, -0.2) is 4.98 Å². The Bertz CT molecular complexity index is 265. The molecule has 1 unspecified atom stereocenters. The second kappa shape index (κ2) is 4.09. The van der Waals surface area contributed by atoms with Crippen LogP contribution in [0.3, 0.4) is 0 Å². The molecule has 0 saturated carbocycles. The highest BCUT2D eigenvalue weighted by Crippen LogP contribution is 2.21. The Hall–Kier alpha value is -1.29. The number of hydrogen-bond acceptors (Lipinski definition) is 4. The minimum Gasteiger partial charge on any atom is -0.496 e. The molecular formula is C9H14N2O2. The van der Waals surface area contributed by atoms with E-state index < -0.39 is 0 Å². The summed E-state index contributed by atoms with van der Waals surface area (Å²) in [6.07, 6.45) is 0. The molecule has 1 aromatic rings. The zero-order chi connectivity index (χ0) is 9.84. The van der Waals surface area contributed by atoms with E-state index in [1.54, 1.807) is 26.4 Å². The van der Waals surface area contributed by atoms with Crippen molar-refractivity contribution >= 4 is 0 Å². The van der Waals surface area contributed by atoms with E-state index in [4.69, 9.17) is 15.2 Å². The number of rotatable bonds is 3. The SMILES string of the molecule is COc1cc(OC)nc(C(C)N)c1. The third kappa shape index (κ3) is 2.32. The molecule has 0 aliphatic heterocycles. The molecule has 0 saturated heterocycles. The molecule has 4 nitrogen and oxygen atoms in total. The van der Waals surface area contributed by atoms with Crippen molar-refractivity contribution in [3.05, 3.63) is 17.8 Å². The van der Waals surface area contributed by atoms with E-state index in [0.717, 1.165) is 5.69 Å². The topological polar surface area (TPSA) is 57.4 Å². The van der Waals surface area contributed by atoms with E-state index in [1.807, 2.05) is 6.92 Å². The first kappa shape index (κ1) is 9.80. The van der Waals surface area contributed by atoms with Crippen LogP contribution in [0, 0.1) is 0 Å². The van der Waals surface area contributed by atoms with Crippen LogP contribution in [-0.4, -0.2) is 19.2 Å². The van der Waals surface area contributed by atoms with Crippen LogP contribution in [0.1, 0.15) is 18.7 Å². The van der Waals surface area contributed by atoms with Crippen LogP contribution in [0.4, 0.5) is 0 Å². The molecule has 0 aliphatic carbocycles. The monoisotopic (exact) mass is 182 g/mol. The van der Waals surface area contributed by atoms with E-state index in [0.29, 0.717) is 11.6 Å². The van der Waals surface area contributed by atoms with Crippen LogP contribution in [0.2, 0.25) is 0 Å². The van der Waals surface area contributed by atoms with E-state index >= 15 is 0 Å². The van der Waals surface area contributed by atoms with Gasteiger partial charge in [0.1, 0.15) is 5.75 Å². The lowest BCUT2D eigenvalue weighted by Crippen LogP contribution is -2.08. The summed E-state index contributed by atoms with van der Waals surface area (Å²) < 4.78 is 10.1. The third-order valence-electron chi connectivity index (χ3n) is 1.71. The van der Waals surface area contributed by atoms with Crippen LogP contribution in [0.15, 0.2) is 12.1 Å². The van der Waals surface area contributed by atoms with Crippen molar-refractivity contribution in [1.29, 1.82) is 0 Å². The fraction of sp³-hybridized carbons (Fsp3) is 0.444. The van der Waals surface area contributed by atoms with Crippen molar-refractivity contribution in [3.63, 3.8) is 0 Å². The number of aromatic nitrogens is 1. The van der Waals surface area contributed by atoms with Gasteiger partial charge in [0.15, 0.2) is 0 Å². The summed E-state index contributed by atoms with van der Waals surface area (Å²) in [6, 6.07) is 3.39. The number of nitrogens with zero attached hydrogens (tertiary/aromatic N) is 1. The minimum absolute atomic E-state index is 0.121. The number of nitrogens with two attached hydrogens (primary N) is 1. The van der Waals surface area contributed by atoms with Gasteiger partial charge < -0.3 is 15.2 Å². The van der Waals surface area contributed by atoms with Gasteiger partial charge in [-0.05, 0) is 6.92 Å². The molecule has 4 heteroatoms. The molecule has 1 heterocycles. The van der Waals surface area contributed by atoms with Gasteiger partial charge in [-0.2, -0.15) is 0 Å². The summed E-state index contributed by atoms with van der Waals surface area (Å²) in [4.78, 5) is 4.17. The van der Waals surface area contributed by atoms with Gasteiger partial charge in [0.05, 0.1) is 19.9 Å². The number of hydrogen-bond donors (Lipinski definition) is 1. The highest BCUT2D eigenvalue weighted by atomic mass is 16.5. The van der Waals surface area contributed by atoms with Gasteiger partial charge in [0.25, 0.3) is 0 Å². The Morgan fingerprint density at radius 3 is 2.46 bits per heavy atom. The largest absolute Gasteiger partial charge is 0.496 e. The predicted molar refractivity (Wildman–Crippen MR) is 49.9 cm³/mol. The Morgan fingerprint density at radius 2 is 2.00 bits per heavy atom. The lowest BCUT2D eigenvalue weighted by molar-refractivity contribution is 0.379. The fourth-order valence-corrected chi connectivity index (χ4v) is 0.957. The maximum absolute atomic E-state index is 5.69. The molecule has 1 atom stereocenters. The summed E-state index contributed by atoms with van der Waals surface area (Å²) in [5, 5.41) is 0. The quantitative estimate of drug-likeness (QED) is 0.761. The van der Waals surface area contributed by atoms with Crippen LogP contribution in [0.25, 0.3) is 0 Å². The smallest absolute Gasteiger partial charge is 0.216 e. The third-order valence-corrected chi connectivity index (χ3v) is 1.71. The standard InChI is InChI=1S/C9H14N2O2/c1-6(10)8-4-7(12-2)5-9(11-8)13-3/h4-6H,10H2,1-3H3. The van der Waals surface area contributed by atoms with Crippen molar-refractivity contribution < 1.29 is 9.47 Å². The van der Waals surface area contributed by atoms with Gasteiger partial charge in [-0.15, -0.1) is 0 Å². The van der Waals surface area contributed by atoms with E-state index in [2.05, 4.69) is 4.98 Å². The van der Waals surface area contributed by atoms with Crippen LogP contribution in [0.5, 0.6) is 11.6 Å². The average Bonchev–Trinajstić information content (AvgIpc) is 2.16. The first-order valence-electron chi connectivity index (χ1n) is 4.03. The summed E-state index contributed by atoms with van der Waals surface area (Å²) >= 11 is 0. The van der Waals surface area contributed by atoms with E-state index in [1.165, 1.54) is 0 Å². The molecule has 0 aromatic carbocycles.